The van der Waals surface area contributed by atoms with Crippen LogP contribution in [-0.2, 0) is 11.3 Å². The van der Waals surface area contributed by atoms with E-state index in [1.54, 1.807) is 18.9 Å². The molecule has 3 nitrogen and oxygen atoms in total. The number of amides is 1. The molecular weight excluding hydrogens is 318 g/mol. The van der Waals surface area contributed by atoms with Crippen molar-refractivity contribution in [2.75, 3.05) is 12.9 Å². The van der Waals surface area contributed by atoms with Crippen LogP contribution in [0.2, 0.25) is 0 Å². The smallest absolute Gasteiger partial charge is 0.230 e. The van der Waals surface area contributed by atoms with Gasteiger partial charge in [-0.1, -0.05) is 42.5 Å². The number of nitrogens with one attached hydrogen (secondary N) is 1. The van der Waals surface area contributed by atoms with Crippen LogP contribution in [0, 0.1) is 0 Å². The normalized spacial score (nSPS) is 10.5. The predicted molar refractivity (Wildman–Crippen MR) is 99.5 cm³/mol. The van der Waals surface area contributed by atoms with Crippen molar-refractivity contribution < 1.29 is 9.53 Å². The Morgan fingerprint density at radius 3 is 2.67 bits per heavy atom. The molecule has 3 rings (SSSR count). The average molecular weight is 337 g/mol. The summed E-state index contributed by atoms with van der Waals surface area (Å²) in [5, 5.41) is 5.35. The van der Waals surface area contributed by atoms with Crippen LogP contribution in [0.25, 0.3) is 10.8 Å². The van der Waals surface area contributed by atoms with Crippen LogP contribution in [0.1, 0.15) is 5.56 Å². The molecule has 0 aliphatic carbocycles. The van der Waals surface area contributed by atoms with E-state index in [0.717, 1.165) is 16.2 Å². The molecule has 3 aromatic rings. The predicted octanol–water partition coefficient (Wildman–Crippen LogP) is 4.26. The zero-order valence-electron chi connectivity index (χ0n) is 13.5. The number of hydrogen-bond donors (Lipinski definition) is 1. The minimum atomic E-state index is 0.0241. The van der Waals surface area contributed by atoms with Gasteiger partial charge in [-0.25, -0.2) is 0 Å². The first-order valence-electron chi connectivity index (χ1n) is 7.76. The zero-order valence-corrected chi connectivity index (χ0v) is 14.3. The quantitative estimate of drug-likeness (QED) is 0.683. The molecule has 24 heavy (non-hydrogen) atoms. The van der Waals surface area contributed by atoms with Gasteiger partial charge in [-0.15, -0.1) is 11.8 Å². The van der Waals surface area contributed by atoms with E-state index in [2.05, 4.69) is 35.6 Å². The molecule has 0 bridgehead atoms. The summed E-state index contributed by atoms with van der Waals surface area (Å²) >= 11 is 1.55. The lowest BCUT2D eigenvalue weighted by Crippen LogP contribution is -2.24. The van der Waals surface area contributed by atoms with E-state index in [1.807, 2.05) is 36.4 Å². The van der Waals surface area contributed by atoms with Crippen LogP contribution in [-0.4, -0.2) is 18.8 Å². The molecule has 0 radical (unpaired) electrons. The number of fused-ring (bicyclic) bond motifs is 1. The standard InChI is InChI=1S/C20H19NO2S/c1-23-18-8-4-5-15(11-18)13-21-20(22)14-24-19-10-9-16-6-2-3-7-17(16)12-19/h2-12H,13-14H2,1H3,(H,21,22). The second kappa shape index (κ2) is 7.88. The molecule has 0 fully saturated rings. The Hall–Kier alpha value is -2.46. The van der Waals surface area contributed by atoms with Crippen molar-refractivity contribution in [1.82, 2.24) is 5.32 Å². The molecule has 122 valence electrons. The Labute approximate surface area is 146 Å². The second-order valence-electron chi connectivity index (χ2n) is 5.43. The van der Waals surface area contributed by atoms with E-state index in [9.17, 15) is 4.79 Å². The number of carbonyl (C=O) groups excluding carboxylic acids is 1. The van der Waals surface area contributed by atoms with Gasteiger partial charge in [0.1, 0.15) is 5.75 Å². The third-order valence-corrected chi connectivity index (χ3v) is 4.71. The highest BCUT2D eigenvalue weighted by molar-refractivity contribution is 8.00. The lowest BCUT2D eigenvalue weighted by atomic mass is 10.1. The first kappa shape index (κ1) is 16.4. The van der Waals surface area contributed by atoms with Crippen molar-refractivity contribution in [1.29, 1.82) is 0 Å². The maximum Gasteiger partial charge on any atom is 0.230 e. The van der Waals surface area contributed by atoms with Crippen molar-refractivity contribution >= 4 is 28.4 Å². The molecule has 0 heterocycles. The monoisotopic (exact) mass is 337 g/mol. The van der Waals surface area contributed by atoms with E-state index < -0.39 is 0 Å². The van der Waals surface area contributed by atoms with Crippen LogP contribution < -0.4 is 10.1 Å². The molecule has 0 aliphatic heterocycles. The summed E-state index contributed by atoms with van der Waals surface area (Å²) in [6.45, 7) is 0.508. The van der Waals surface area contributed by atoms with Gasteiger partial charge in [0.15, 0.2) is 0 Å². The highest BCUT2D eigenvalue weighted by atomic mass is 32.2. The first-order chi connectivity index (χ1) is 11.7. The fourth-order valence-corrected chi connectivity index (χ4v) is 3.21. The number of methoxy groups -OCH3 is 1. The third-order valence-electron chi connectivity index (χ3n) is 3.71. The van der Waals surface area contributed by atoms with Gasteiger partial charge in [-0.05, 0) is 40.6 Å². The summed E-state index contributed by atoms with van der Waals surface area (Å²) in [7, 11) is 1.64. The van der Waals surface area contributed by atoms with Crippen molar-refractivity contribution in [3.05, 3.63) is 72.3 Å². The van der Waals surface area contributed by atoms with Crippen LogP contribution in [0.15, 0.2) is 71.6 Å². The molecule has 4 heteroatoms. The SMILES string of the molecule is COc1cccc(CNC(=O)CSc2ccc3ccccc3c2)c1. The minimum absolute atomic E-state index is 0.0241. The molecule has 0 aliphatic rings. The topological polar surface area (TPSA) is 38.3 Å². The summed E-state index contributed by atoms with van der Waals surface area (Å²) in [5.74, 6) is 1.23. The third kappa shape index (κ3) is 4.30. The van der Waals surface area contributed by atoms with Crippen LogP contribution >= 0.6 is 11.8 Å². The molecule has 0 saturated carbocycles. The van der Waals surface area contributed by atoms with Crippen LogP contribution in [0.4, 0.5) is 0 Å². The molecule has 0 atom stereocenters. The van der Waals surface area contributed by atoms with Gasteiger partial charge in [0.25, 0.3) is 0 Å². The molecule has 0 aromatic heterocycles. The Bertz CT molecular complexity index is 848. The van der Waals surface area contributed by atoms with Crippen molar-refractivity contribution in [2.24, 2.45) is 0 Å². The van der Waals surface area contributed by atoms with Gasteiger partial charge in [0, 0.05) is 11.4 Å². The lowest BCUT2D eigenvalue weighted by molar-refractivity contribution is -0.118. The molecule has 0 spiro atoms. The van der Waals surface area contributed by atoms with Gasteiger partial charge in [-0.2, -0.15) is 0 Å². The number of hydrogen-bond acceptors (Lipinski definition) is 3. The van der Waals surface area contributed by atoms with Crippen molar-refractivity contribution in [3.8, 4) is 5.75 Å². The number of carbonyl (C=O) groups is 1. The van der Waals surface area contributed by atoms with Gasteiger partial charge in [0.2, 0.25) is 5.91 Å². The van der Waals surface area contributed by atoms with Crippen LogP contribution in [0.3, 0.4) is 0 Å². The number of thioether (sulfide) groups is 1. The summed E-state index contributed by atoms with van der Waals surface area (Å²) in [6, 6.07) is 22.2. The molecule has 1 N–H and O–H groups in total. The fraction of sp³-hybridized carbons (Fsp3) is 0.150. The van der Waals surface area contributed by atoms with E-state index in [-0.39, 0.29) is 5.91 Å². The Kier molecular flexibility index (Phi) is 5.39. The summed E-state index contributed by atoms with van der Waals surface area (Å²) in [4.78, 5) is 13.1. The zero-order chi connectivity index (χ0) is 16.8. The van der Waals surface area contributed by atoms with E-state index in [0.29, 0.717) is 12.3 Å². The molecule has 1 amide bonds. The largest absolute Gasteiger partial charge is 0.497 e. The van der Waals surface area contributed by atoms with Crippen molar-refractivity contribution in [2.45, 2.75) is 11.4 Å². The van der Waals surface area contributed by atoms with Crippen molar-refractivity contribution in [3.63, 3.8) is 0 Å². The Balaban J connectivity index is 1.52. The fourth-order valence-electron chi connectivity index (χ4n) is 2.44. The number of benzene rings is 3. The van der Waals surface area contributed by atoms with E-state index >= 15 is 0 Å². The minimum Gasteiger partial charge on any atom is -0.497 e. The second-order valence-corrected chi connectivity index (χ2v) is 6.47. The number of ether oxygens (including phenoxy) is 1. The summed E-state index contributed by atoms with van der Waals surface area (Å²) in [6.07, 6.45) is 0. The lowest BCUT2D eigenvalue weighted by Gasteiger charge is -2.07. The molecule has 0 saturated heterocycles. The maximum absolute atomic E-state index is 12.0. The van der Waals surface area contributed by atoms with Gasteiger partial charge >= 0.3 is 0 Å². The molecular formula is C20H19NO2S. The summed E-state index contributed by atoms with van der Waals surface area (Å²) in [5.41, 5.74) is 1.03. The van der Waals surface area contributed by atoms with E-state index in [4.69, 9.17) is 4.74 Å². The van der Waals surface area contributed by atoms with Gasteiger partial charge < -0.3 is 10.1 Å². The van der Waals surface area contributed by atoms with Gasteiger partial charge in [0.05, 0.1) is 12.9 Å². The highest BCUT2D eigenvalue weighted by Gasteiger charge is 2.04. The first-order valence-corrected chi connectivity index (χ1v) is 8.74. The Morgan fingerprint density at radius 1 is 1.00 bits per heavy atom. The molecule has 0 unspecified atom stereocenters. The van der Waals surface area contributed by atoms with Gasteiger partial charge in [-0.3, -0.25) is 4.79 Å². The Morgan fingerprint density at radius 2 is 1.83 bits per heavy atom. The highest BCUT2D eigenvalue weighted by Crippen LogP contribution is 2.23. The van der Waals surface area contributed by atoms with Crippen LogP contribution in [0.5, 0.6) is 5.75 Å². The molecule has 3 aromatic carbocycles. The maximum atomic E-state index is 12.0. The average Bonchev–Trinajstić information content (AvgIpc) is 2.64. The summed E-state index contributed by atoms with van der Waals surface area (Å²) < 4.78 is 5.19. The number of rotatable bonds is 6. The van der Waals surface area contributed by atoms with E-state index in [1.165, 1.54) is 10.8 Å².